The molecular weight excluding hydrogens is 288 g/mol. The molecule has 114 valence electrons. The third-order valence-corrected chi connectivity index (χ3v) is 3.30. The van der Waals surface area contributed by atoms with Crippen molar-refractivity contribution < 1.29 is 4.79 Å². The van der Waals surface area contributed by atoms with Crippen molar-refractivity contribution in [3.05, 3.63) is 46.8 Å². The fraction of sp³-hybridized carbons (Fsp3) is 0.333. The topological polar surface area (TPSA) is 58.9 Å². The van der Waals surface area contributed by atoms with Gasteiger partial charge in [0.25, 0.3) is 5.91 Å². The molecular formula is C15H21ClN4O. The number of anilines is 1. The van der Waals surface area contributed by atoms with Gasteiger partial charge in [-0.25, -0.2) is 0 Å². The number of aryl methyl sites for hydroxylation is 2. The Hall–Kier alpha value is -1.85. The van der Waals surface area contributed by atoms with Gasteiger partial charge in [-0.2, -0.15) is 5.10 Å². The van der Waals surface area contributed by atoms with Crippen LogP contribution in [0.3, 0.4) is 0 Å². The summed E-state index contributed by atoms with van der Waals surface area (Å²) in [6, 6.07) is 7.81. The normalized spacial score (nSPS) is 10.1. The van der Waals surface area contributed by atoms with E-state index in [2.05, 4.69) is 15.7 Å². The molecule has 0 aliphatic rings. The van der Waals surface area contributed by atoms with Gasteiger partial charge in [0.15, 0.2) is 0 Å². The number of rotatable bonds is 4. The number of carbonyl (C=O) groups is 1. The lowest BCUT2D eigenvalue weighted by Crippen LogP contribution is -2.14. The van der Waals surface area contributed by atoms with Gasteiger partial charge in [0.2, 0.25) is 0 Å². The van der Waals surface area contributed by atoms with Crippen LogP contribution in [0.2, 0.25) is 0 Å². The lowest BCUT2D eigenvalue weighted by molar-refractivity contribution is 0.102. The first-order valence-corrected chi connectivity index (χ1v) is 6.58. The number of hydrogen-bond acceptors (Lipinski definition) is 3. The van der Waals surface area contributed by atoms with Gasteiger partial charge in [-0.3, -0.25) is 9.48 Å². The second-order valence-corrected chi connectivity index (χ2v) is 4.85. The average molecular weight is 309 g/mol. The second-order valence-electron chi connectivity index (χ2n) is 4.85. The Labute approximate surface area is 131 Å². The third kappa shape index (κ3) is 3.83. The van der Waals surface area contributed by atoms with Gasteiger partial charge in [0.1, 0.15) is 0 Å². The highest BCUT2D eigenvalue weighted by Crippen LogP contribution is 2.16. The lowest BCUT2D eigenvalue weighted by Gasteiger charge is -2.07. The van der Waals surface area contributed by atoms with Gasteiger partial charge in [-0.05, 0) is 38.6 Å². The van der Waals surface area contributed by atoms with E-state index in [-0.39, 0.29) is 18.3 Å². The van der Waals surface area contributed by atoms with Crippen molar-refractivity contribution in [2.45, 2.75) is 20.4 Å². The molecule has 2 aromatic rings. The summed E-state index contributed by atoms with van der Waals surface area (Å²) in [4.78, 5) is 12.4. The van der Waals surface area contributed by atoms with E-state index in [0.29, 0.717) is 5.56 Å². The summed E-state index contributed by atoms with van der Waals surface area (Å²) in [6.07, 6.45) is 0. The van der Waals surface area contributed by atoms with Crippen LogP contribution in [-0.4, -0.2) is 22.7 Å². The van der Waals surface area contributed by atoms with E-state index in [0.717, 1.165) is 29.2 Å². The van der Waals surface area contributed by atoms with Gasteiger partial charge in [-0.1, -0.05) is 12.1 Å². The van der Waals surface area contributed by atoms with E-state index in [4.69, 9.17) is 0 Å². The van der Waals surface area contributed by atoms with Crippen molar-refractivity contribution in [1.82, 2.24) is 15.1 Å². The van der Waals surface area contributed by atoms with Crippen LogP contribution in [0.5, 0.6) is 0 Å². The van der Waals surface area contributed by atoms with Crippen LogP contribution in [0.15, 0.2) is 24.3 Å². The molecule has 1 heterocycles. The zero-order valence-corrected chi connectivity index (χ0v) is 13.5. The Bertz CT molecular complexity index is 637. The van der Waals surface area contributed by atoms with Gasteiger partial charge in [0.05, 0.1) is 11.3 Å². The fourth-order valence-electron chi connectivity index (χ4n) is 2.26. The van der Waals surface area contributed by atoms with Crippen molar-refractivity contribution in [1.29, 1.82) is 0 Å². The molecule has 2 N–H and O–H groups in total. The summed E-state index contributed by atoms with van der Waals surface area (Å²) < 4.78 is 1.72. The smallest absolute Gasteiger partial charge is 0.259 e. The second kappa shape index (κ2) is 7.24. The number of benzene rings is 1. The molecule has 0 saturated heterocycles. The van der Waals surface area contributed by atoms with E-state index >= 15 is 0 Å². The average Bonchev–Trinajstić information content (AvgIpc) is 2.64. The van der Waals surface area contributed by atoms with Crippen LogP contribution in [-0.2, 0) is 13.6 Å². The van der Waals surface area contributed by atoms with Crippen LogP contribution >= 0.6 is 12.4 Å². The summed E-state index contributed by atoms with van der Waals surface area (Å²) in [5.41, 5.74) is 4.18. The molecule has 0 radical (unpaired) electrons. The Kier molecular flexibility index (Phi) is 5.93. The van der Waals surface area contributed by atoms with Crippen molar-refractivity contribution in [3.63, 3.8) is 0 Å². The molecule has 0 atom stereocenters. The first-order chi connectivity index (χ1) is 9.52. The maximum Gasteiger partial charge on any atom is 0.259 e. The van der Waals surface area contributed by atoms with Crippen molar-refractivity contribution in [3.8, 4) is 0 Å². The highest BCUT2D eigenvalue weighted by Gasteiger charge is 2.17. The zero-order chi connectivity index (χ0) is 14.7. The molecule has 0 unspecified atom stereocenters. The van der Waals surface area contributed by atoms with Crippen molar-refractivity contribution >= 4 is 24.0 Å². The molecule has 0 bridgehead atoms. The summed E-state index contributed by atoms with van der Waals surface area (Å²) in [7, 11) is 3.74. The molecule has 0 saturated carbocycles. The van der Waals surface area contributed by atoms with E-state index in [9.17, 15) is 4.79 Å². The molecule has 21 heavy (non-hydrogen) atoms. The number of nitrogens with one attached hydrogen (secondary N) is 2. The number of halogens is 1. The largest absolute Gasteiger partial charge is 0.322 e. The van der Waals surface area contributed by atoms with E-state index in [1.807, 2.05) is 52.2 Å². The van der Waals surface area contributed by atoms with Crippen LogP contribution < -0.4 is 10.6 Å². The highest BCUT2D eigenvalue weighted by atomic mass is 35.5. The summed E-state index contributed by atoms with van der Waals surface area (Å²) in [6.45, 7) is 4.51. The molecule has 5 nitrogen and oxygen atoms in total. The standard InChI is InChI=1S/C15H20N4O.ClH/c1-10-14(11(2)19(4)18-10)15(20)17-13-7-5-6-12(8-13)9-16-3;/h5-8,16H,9H2,1-4H3,(H,17,20);1H. The molecule has 2 rings (SSSR count). The minimum absolute atomic E-state index is 0. The predicted molar refractivity (Wildman–Crippen MR) is 87.1 cm³/mol. The Morgan fingerprint density at radius 1 is 1.33 bits per heavy atom. The first-order valence-electron chi connectivity index (χ1n) is 6.58. The number of hydrogen-bond donors (Lipinski definition) is 2. The summed E-state index contributed by atoms with van der Waals surface area (Å²) >= 11 is 0. The van der Waals surface area contributed by atoms with Gasteiger partial charge in [-0.15, -0.1) is 12.4 Å². The molecule has 0 fully saturated rings. The van der Waals surface area contributed by atoms with Crippen molar-refractivity contribution in [2.75, 3.05) is 12.4 Å². The fourth-order valence-corrected chi connectivity index (χ4v) is 2.26. The molecule has 0 aliphatic heterocycles. The zero-order valence-electron chi connectivity index (χ0n) is 12.7. The van der Waals surface area contributed by atoms with E-state index < -0.39 is 0 Å². The Morgan fingerprint density at radius 3 is 2.62 bits per heavy atom. The molecule has 1 aromatic heterocycles. The quantitative estimate of drug-likeness (QED) is 0.912. The van der Waals surface area contributed by atoms with Gasteiger partial charge >= 0.3 is 0 Å². The van der Waals surface area contributed by atoms with E-state index in [1.54, 1.807) is 4.68 Å². The lowest BCUT2D eigenvalue weighted by atomic mass is 10.1. The Morgan fingerprint density at radius 2 is 2.05 bits per heavy atom. The highest BCUT2D eigenvalue weighted by molar-refractivity contribution is 6.05. The third-order valence-electron chi connectivity index (χ3n) is 3.30. The van der Waals surface area contributed by atoms with Crippen LogP contribution in [0.25, 0.3) is 0 Å². The predicted octanol–water partition coefficient (Wildman–Crippen LogP) is 2.43. The SMILES string of the molecule is CNCc1cccc(NC(=O)c2c(C)nn(C)c2C)c1.Cl. The van der Waals surface area contributed by atoms with Crippen LogP contribution in [0.4, 0.5) is 5.69 Å². The van der Waals surface area contributed by atoms with E-state index in [1.165, 1.54) is 0 Å². The number of aromatic nitrogens is 2. The maximum absolute atomic E-state index is 12.4. The first kappa shape index (κ1) is 17.2. The molecule has 1 aromatic carbocycles. The number of carbonyl (C=O) groups excluding carboxylic acids is 1. The molecule has 0 aliphatic carbocycles. The summed E-state index contributed by atoms with van der Waals surface area (Å²) in [5, 5.41) is 10.3. The number of amides is 1. The van der Waals surface area contributed by atoms with Crippen molar-refractivity contribution in [2.24, 2.45) is 7.05 Å². The minimum atomic E-state index is -0.116. The summed E-state index contributed by atoms with van der Waals surface area (Å²) in [5.74, 6) is -0.116. The van der Waals surface area contributed by atoms with Gasteiger partial charge < -0.3 is 10.6 Å². The molecule has 1 amide bonds. The monoisotopic (exact) mass is 308 g/mol. The van der Waals surface area contributed by atoms with Crippen LogP contribution in [0, 0.1) is 13.8 Å². The van der Waals surface area contributed by atoms with Gasteiger partial charge in [0, 0.05) is 25.0 Å². The number of nitrogens with zero attached hydrogens (tertiary/aromatic N) is 2. The van der Waals surface area contributed by atoms with Crippen LogP contribution in [0.1, 0.15) is 27.3 Å². The minimum Gasteiger partial charge on any atom is -0.322 e. The maximum atomic E-state index is 12.4. The Balaban J connectivity index is 0.00000220. The molecule has 6 heteroatoms. The molecule has 0 spiro atoms.